The van der Waals surface area contributed by atoms with Gasteiger partial charge in [-0.05, 0) is 13.0 Å². The predicted octanol–water partition coefficient (Wildman–Crippen LogP) is 2.75. The van der Waals surface area contributed by atoms with Crippen molar-refractivity contribution in [2.24, 2.45) is 0 Å². The molecule has 2 N–H and O–H groups in total. The van der Waals surface area contributed by atoms with Crippen LogP contribution >= 0.6 is 0 Å². The molecule has 20 heavy (non-hydrogen) atoms. The van der Waals surface area contributed by atoms with Crippen LogP contribution in [0.4, 0.5) is 24.5 Å². The number of benzene rings is 1. The molecule has 1 aromatic rings. The lowest BCUT2D eigenvalue weighted by Crippen LogP contribution is -2.21. The van der Waals surface area contributed by atoms with Gasteiger partial charge in [-0.3, -0.25) is 14.9 Å². The fraction of sp³-hybridized carbons (Fsp3) is 0.182. The Labute approximate surface area is 110 Å². The number of halogens is 3. The van der Waals surface area contributed by atoms with E-state index in [0.717, 1.165) is 25.1 Å². The fourth-order valence-corrected chi connectivity index (χ4v) is 1.26. The number of hydrogen-bond acceptors (Lipinski definition) is 5. The number of hydrogen-bond donors (Lipinski definition) is 2. The number of phenols is 1. The number of rotatable bonds is 4. The Morgan fingerprint density at radius 1 is 1.45 bits per heavy atom. The number of non-ortho nitro benzene ring substituents is 1. The van der Waals surface area contributed by atoms with Gasteiger partial charge < -0.3 is 10.4 Å². The summed E-state index contributed by atoms with van der Waals surface area (Å²) in [4.78, 5) is 20.5. The maximum absolute atomic E-state index is 12.0. The Balaban J connectivity index is 2.99. The summed E-state index contributed by atoms with van der Waals surface area (Å²) in [6.45, 7) is 1.15. The average molecular weight is 290 g/mol. The Hall–Kier alpha value is -2.58. The average Bonchev–Trinajstić information content (AvgIpc) is 2.30. The maximum atomic E-state index is 12.0. The quantitative estimate of drug-likeness (QED) is 0.385. The summed E-state index contributed by atoms with van der Waals surface area (Å²) >= 11 is 0. The van der Waals surface area contributed by atoms with E-state index >= 15 is 0 Å². The molecular formula is C11H9F3N2O4. The molecule has 0 atom stereocenters. The summed E-state index contributed by atoms with van der Waals surface area (Å²) in [5, 5.41) is 22.3. The summed E-state index contributed by atoms with van der Waals surface area (Å²) in [5.74, 6) is -2.48. The molecule has 0 spiro atoms. The van der Waals surface area contributed by atoms with Crippen LogP contribution in [0.25, 0.3) is 0 Å². The fourth-order valence-electron chi connectivity index (χ4n) is 1.26. The molecule has 0 aromatic heterocycles. The van der Waals surface area contributed by atoms with Crippen molar-refractivity contribution in [3.8, 4) is 5.75 Å². The Kier molecular flexibility index (Phi) is 4.33. The molecule has 0 saturated heterocycles. The number of allylic oxidation sites excluding steroid dienone is 2. The molecule has 0 radical (unpaired) electrons. The van der Waals surface area contributed by atoms with Gasteiger partial charge in [-0.2, -0.15) is 13.2 Å². The molecule has 108 valence electrons. The largest absolute Gasteiger partial charge is 0.506 e. The molecule has 0 aliphatic rings. The molecule has 0 heterocycles. The second-order valence-electron chi connectivity index (χ2n) is 3.77. The first-order chi connectivity index (χ1) is 9.11. The zero-order valence-corrected chi connectivity index (χ0v) is 10.1. The minimum absolute atomic E-state index is 0.178. The van der Waals surface area contributed by atoms with E-state index in [2.05, 4.69) is 5.32 Å². The molecule has 0 fully saturated rings. The standard InChI is InChI=1S/C11H9F3N2O4/c1-6(4-10(18)11(12,13)14)15-8-5-7(16(19)20)2-3-9(8)17/h2-5,15,17H,1H3/b6-4-. The van der Waals surface area contributed by atoms with Gasteiger partial charge in [-0.25, -0.2) is 0 Å². The maximum Gasteiger partial charge on any atom is 0.454 e. The van der Waals surface area contributed by atoms with E-state index in [9.17, 15) is 33.2 Å². The van der Waals surface area contributed by atoms with Crippen LogP contribution in [0.1, 0.15) is 6.92 Å². The summed E-state index contributed by atoms with van der Waals surface area (Å²) in [6, 6.07) is 2.98. The normalized spacial score (nSPS) is 12.1. The van der Waals surface area contributed by atoms with E-state index in [-0.39, 0.29) is 23.1 Å². The van der Waals surface area contributed by atoms with E-state index in [1.807, 2.05) is 0 Å². The van der Waals surface area contributed by atoms with Crippen LogP contribution in [0.5, 0.6) is 5.75 Å². The Morgan fingerprint density at radius 2 is 2.05 bits per heavy atom. The van der Waals surface area contributed by atoms with Gasteiger partial charge in [0.2, 0.25) is 0 Å². The number of nitro benzene ring substituents is 1. The lowest BCUT2D eigenvalue weighted by Gasteiger charge is -2.09. The second-order valence-corrected chi connectivity index (χ2v) is 3.77. The molecule has 0 unspecified atom stereocenters. The van der Waals surface area contributed by atoms with Gasteiger partial charge in [0.15, 0.2) is 0 Å². The monoisotopic (exact) mass is 290 g/mol. The number of aromatic hydroxyl groups is 1. The van der Waals surface area contributed by atoms with Gasteiger partial charge in [0.05, 0.1) is 10.6 Å². The molecule has 0 amide bonds. The van der Waals surface area contributed by atoms with Crippen molar-refractivity contribution in [2.45, 2.75) is 13.1 Å². The number of nitrogens with zero attached hydrogens (tertiary/aromatic N) is 1. The van der Waals surface area contributed by atoms with Crippen molar-refractivity contribution in [1.29, 1.82) is 0 Å². The summed E-state index contributed by atoms with van der Waals surface area (Å²) in [5.41, 5.74) is -0.758. The van der Waals surface area contributed by atoms with E-state index in [4.69, 9.17) is 0 Å². The zero-order chi connectivity index (χ0) is 15.5. The summed E-state index contributed by atoms with van der Waals surface area (Å²) in [7, 11) is 0. The number of ketones is 1. The zero-order valence-electron chi connectivity index (χ0n) is 10.1. The van der Waals surface area contributed by atoms with Gasteiger partial charge in [0, 0.05) is 23.9 Å². The first-order valence-corrected chi connectivity index (χ1v) is 5.15. The van der Waals surface area contributed by atoms with E-state index < -0.39 is 22.6 Å². The van der Waals surface area contributed by atoms with Crippen molar-refractivity contribution in [2.75, 3.05) is 5.32 Å². The molecule has 0 aliphatic heterocycles. The number of nitrogens with one attached hydrogen (secondary N) is 1. The lowest BCUT2D eigenvalue weighted by atomic mass is 10.2. The van der Waals surface area contributed by atoms with Crippen molar-refractivity contribution in [1.82, 2.24) is 0 Å². The second kappa shape index (κ2) is 5.59. The number of phenolic OH excluding ortho intramolecular Hbond substituents is 1. The topological polar surface area (TPSA) is 92.5 Å². The van der Waals surface area contributed by atoms with Crippen LogP contribution in [0.15, 0.2) is 30.0 Å². The molecule has 1 aromatic carbocycles. The minimum atomic E-state index is -5.01. The highest BCUT2D eigenvalue weighted by Gasteiger charge is 2.36. The van der Waals surface area contributed by atoms with Crippen LogP contribution in [0, 0.1) is 10.1 Å². The minimum Gasteiger partial charge on any atom is -0.506 e. The van der Waals surface area contributed by atoms with Crippen LogP contribution in [0.2, 0.25) is 0 Å². The third-order valence-corrected chi connectivity index (χ3v) is 2.15. The smallest absolute Gasteiger partial charge is 0.454 e. The number of alkyl halides is 3. The van der Waals surface area contributed by atoms with Crippen LogP contribution in [-0.2, 0) is 4.79 Å². The molecule has 6 nitrogen and oxygen atoms in total. The molecule has 1 rings (SSSR count). The third-order valence-electron chi connectivity index (χ3n) is 2.15. The number of anilines is 1. The number of carbonyl (C=O) groups is 1. The van der Waals surface area contributed by atoms with Gasteiger partial charge in [0.25, 0.3) is 11.5 Å². The van der Waals surface area contributed by atoms with Crippen LogP contribution in [-0.4, -0.2) is 22.0 Å². The third kappa shape index (κ3) is 3.97. The van der Waals surface area contributed by atoms with Gasteiger partial charge >= 0.3 is 6.18 Å². The van der Waals surface area contributed by atoms with Gasteiger partial charge in [0.1, 0.15) is 5.75 Å². The first kappa shape index (κ1) is 15.5. The number of nitro groups is 1. The van der Waals surface area contributed by atoms with Crippen molar-refractivity contribution >= 4 is 17.2 Å². The lowest BCUT2D eigenvalue weighted by molar-refractivity contribution is -0.384. The highest BCUT2D eigenvalue weighted by Crippen LogP contribution is 2.29. The first-order valence-electron chi connectivity index (χ1n) is 5.15. The SMILES string of the molecule is C/C(=C/C(=O)C(F)(F)F)Nc1cc([N+](=O)[O-])ccc1O. The molecule has 9 heteroatoms. The van der Waals surface area contributed by atoms with E-state index in [1.165, 1.54) is 0 Å². The van der Waals surface area contributed by atoms with Crippen molar-refractivity contribution in [3.63, 3.8) is 0 Å². The van der Waals surface area contributed by atoms with Crippen molar-refractivity contribution < 1.29 is 28.0 Å². The Morgan fingerprint density at radius 3 is 2.55 bits per heavy atom. The van der Waals surface area contributed by atoms with Gasteiger partial charge in [-0.15, -0.1) is 0 Å². The highest BCUT2D eigenvalue weighted by atomic mass is 19.4. The molecule has 0 aliphatic carbocycles. The molecule has 0 bridgehead atoms. The van der Waals surface area contributed by atoms with Crippen molar-refractivity contribution in [3.05, 3.63) is 40.1 Å². The number of carbonyl (C=O) groups excluding carboxylic acids is 1. The van der Waals surface area contributed by atoms with Gasteiger partial charge in [-0.1, -0.05) is 0 Å². The summed E-state index contributed by atoms with van der Waals surface area (Å²) in [6.07, 6.45) is -4.72. The summed E-state index contributed by atoms with van der Waals surface area (Å²) < 4.78 is 36.1. The molecular weight excluding hydrogens is 281 g/mol. The van der Waals surface area contributed by atoms with Crippen LogP contribution in [0.3, 0.4) is 0 Å². The Bertz CT molecular complexity index is 582. The predicted molar refractivity (Wildman–Crippen MR) is 63.2 cm³/mol. The van der Waals surface area contributed by atoms with E-state index in [0.29, 0.717) is 0 Å². The van der Waals surface area contributed by atoms with Crippen LogP contribution < -0.4 is 5.32 Å². The van der Waals surface area contributed by atoms with E-state index in [1.54, 1.807) is 0 Å². The molecule has 0 saturated carbocycles. The highest BCUT2D eigenvalue weighted by molar-refractivity contribution is 5.95.